The molecule has 128 valence electrons. The molecule has 0 heterocycles. The maximum absolute atomic E-state index is 12.9. The van der Waals surface area contributed by atoms with Crippen LogP contribution in [-0.4, -0.2) is 23.3 Å². The van der Waals surface area contributed by atoms with E-state index in [9.17, 15) is 14.4 Å². The smallest absolute Gasteiger partial charge is 0.412 e. The number of carbonyl (C=O) groups excluding carboxylic acids is 3. The first-order chi connectivity index (χ1) is 11.7. The lowest BCUT2D eigenvalue weighted by atomic mass is 9.82. The molecule has 3 N–H and O–H groups in total. The quantitative estimate of drug-likeness (QED) is 0.663. The normalized spacial score (nSPS) is 13.1. The predicted octanol–water partition coefficient (Wildman–Crippen LogP) is 3.39. The van der Waals surface area contributed by atoms with Gasteiger partial charge < -0.3 is 10.5 Å². The first-order valence-electron chi connectivity index (χ1n) is 7.80. The summed E-state index contributed by atoms with van der Waals surface area (Å²) < 4.78 is 5.22. The molecule has 0 atom stereocenters. The van der Waals surface area contributed by atoms with Crippen molar-refractivity contribution in [2.24, 2.45) is 0 Å². The number of nitrogen functional groups attached to an aromatic ring is 1. The molecular formula is C19H18N2O4. The Bertz CT molecular complexity index is 910. The molecule has 1 amide bonds. The molecule has 0 fully saturated rings. The van der Waals surface area contributed by atoms with Crippen molar-refractivity contribution in [1.82, 2.24) is 0 Å². The zero-order valence-corrected chi connectivity index (χ0v) is 14.2. The average molecular weight is 338 g/mol. The van der Waals surface area contributed by atoms with Crippen LogP contribution >= 0.6 is 0 Å². The summed E-state index contributed by atoms with van der Waals surface area (Å²) in [5, 5.41) is 2.55. The second kappa shape index (κ2) is 5.73. The van der Waals surface area contributed by atoms with E-state index in [0.29, 0.717) is 5.56 Å². The highest BCUT2D eigenvalue weighted by Crippen LogP contribution is 2.35. The highest BCUT2D eigenvalue weighted by Gasteiger charge is 2.33. The maximum atomic E-state index is 12.9. The summed E-state index contributed by atoms with van der Waals surface area (Å²) in [4.78, 5) is 37.7. The van der Waals surface area contributed by atoms with Gasteiger partial charge in [-0.3, -0.25) is 14.9 Å². The number of anilines is 2. The number of carbonyl (C=O) groups is 3. The van der Waals surface area contributed by atoms with Crippen molar-refractivity contribution < 1.29 is 19.1 Å². The lowest BCUT2D eigenvalue weighted by Crippen LogP contribution is -2.29. The maximum Gasteiger partial charge on any atom is 0.412 e. The standard InChI is InChI=1S/C19H18N2O4/c1-19(2,3)25-18(24)21-13-9-8-12(20)14-15(13)17(23)11-7-5-4-6-10(11)16(14)22/h4-9H,20H2,1-3H3,(H,21,24). The van der Waals surface area contributed by atoms with Gasteiger partial charge in [0.05, 0.1) is 16.8 Å². The zero-order valence-electron chi connectivity index (χ0n) is 14.2. The van der Waals surface area contributed by atoms with Gasteiger partial charge in [-0.1, -0.05) is 24.3 Å². The van der Waals surface area contributed by atoms with Crippen molar-refractivity contribution in [3.05, 3.63) is 58.7 Å². The molecule has 0 spiro atoms. The van der Waals surface area contributed by atoms with Crippen molar-refractivity contribution in [2.75, 3.05) is 11.1 Å². The third-order valence-electron chi connectivity index (χ3n) is 3.74. The van der Waals surface area contributed by atoms with E-state index in [-0.39, 0.29) is 39.6 Å². The fourth-order valence-corrected chi connectivity index (χ4v) is 2.77. The van der Waals surface area contributed by atoms with Crippen LogP contribution in [0.1, 0.15) is 52.6 Å². The molecule has 25 heavy (non-hydrogen) atoms. The number of hydrogen-bond acceptors (Lipinski definition) is 5. The van der Waals surface area contributed by atoms with Crippen LogP contribution in [0.2, 0.25) is 0 Å². The van der Waals surface area contributed by atoms with Crippen LogP contribution in [0, 0.1) is 0 Å². The third-order valence-corrected chi connectivity index (χ3v) is 3.74. The second-order valence-electron chi connectivity index (χ2n) is 6.78. The Labute approximate surface area is 145 Å². The molecule has 2 aromatic carbocycles. The van der Waals surface area contributed by atoms with Crippen LogP contribution in [0.25, 0.3) is 0 Å². The predicted molar refractivity (Wildman–Crippen MR) is 94.0 cm³/mol. The van der Waals surface area contributed by atoms with Crippen LogP contribution in [0.3, 0.4) is 0 Å². The Morgan fingerprint density at radius 2 is 1.52 bits per heavy atom. The van der Waals surface area contributed by atoms with Gasteiger partial charge in [-0.25, -0.2) is 4.79 Å². The van der Waals surface area contributed by atoms with Gasteiger partial charge >= 0.3 is 6.09 Å². The summed E-state index contributed by atoms with van der Waals surface area (Å²) in [7, 11) is 0. The summed E-state index contributed by atoms with van der Waals surface area (Å²) in [5.41, 5.74) is 6.43. The molecule has 0 saturated heterocycles. The summed E-state index contributed by atoms with van der Waals surface area (Å²) in [6.45, 7) is 5.20. The van der Waals surface area contributed by atoms with Gasteiger partial charge in [-0.15, -0.1) is 0 Å². The molecule has 2 aromatic rings. The third kappa shape index (κ3) is 2.98. The molecule has 1 aliphatic rings. The lowest BCUT2D eigenvalue weighted by Gasteiger charge is -2.23. The Hall–Kier alpha value is -3.15. The highest BCUT2D eigenvalue weighted by molar-refractivity contribution is 6.32. The minimum atomic E-state index is -0.710. The number of benzene rings is 2. The van der Waals surface area contributed by atoms with E-state index in [2.05, 4.69) is 5.32 Å². The number of fused-ring (bicyclic) bond motifs is 2. The number of nitrogens with two attached hydrogens (primary N) is 1. The first kappa shape index (κ1) is 16.7. The van der Waals surface area contributed by atoms with Crippen molar-refractivity contribution in [3.63, 3.8) is 0 Å². The molecule has 0 bridgehead atoms. The van der Waals surface area contributed by atoms with E-state index in [4.69, 9.17) is 10.5 Å². The SMILES string of the molecule is CC(C)(C)OC(=O)Nc1ccc(N)c2c1C(=O)c1ccccc1C2=O. The summed E-state index contributed by atoms with van der Waals surface area (Å²) in [6.07, 6.45) is -0.710. The Balaban J connectivity index is 2.09. The number of ketones is 2. The van der Waals surface area contributed by atoms with E-state index in [0.717, 1.165) is 0 Å². The number of ether oxygens (including phenoxy) is 1. The fourth-order valence-electron chi connectivity index (χ4n) is 2.77. The molecule has 0 aromatic heterocycles. The Morgan fingerprint density at radius 3 is 2.08 bits per heavy atom. The second-order valence-corrected chi connectivity index (χ2v) is 6.78. The zero-order chi connectivity index (χ0) is 18.4. The minimum absolute atomic E-state index is 0.0922. The Kier molecular flexibility index (Phi) is 3.83. The summed E-state index contributed by atoms with van der Waals surface area (Å²) >= 11 is 0. The Morgan fingerprint density at radius 1 is 0.960 bits per heavy atom. The van der Waals surface area contributed by atoms with E-state index in [1.54, 1.807) is 45.0 Å². The van der Waals surface area contributed by atoms with Crippen LogP contribution < -0.4 is 11.1 Å². The monoisotopic (exact) mass is 338 g/mol. The molecule has 1 aliphatic carbocycles. The van der Waals surface area contributed by atoms with Crippen molar-refractivity contribution >= 4 is 29.0 Å². The lowest BCUT2D eigenvalue weighted by molar-refractivity contribution is 0.0635. The molecule has 0 saturated carbocycles. The summed E-state index contributed by atoms with van der Waals surface area (Å²) in [6, 6.07) is 9.53. The van der Waals surface area contributed by atoms with Gasteiger partial charge in [0.2, 0.25) is 0 Å². The van der Waals surface area contributed by atoms with Gasteiger partial charge in [-0.2, -0.15) is 0 Å². The van der Waals surface area contributed by atoms with E-state index in [1.165, 1.54) is 12.1 Å². The largest absolute Gasteiger partial charge is 0.444 e. The van der Waals surface area contributed by atoms with Crippen LogP contribution in [-0.2, 0) is 4.74 Å². The molecule has 0 radical (unpaired) electrons. The van der Waals surface area contributed by atoms with Crippen LogP contribution in [0.4, 0.5) is 16.2 Å². The number of nitrogens with one attached hydrogen (secondary N) is 1. The van der Waals surface area contributed by atoms with Gasteiger partial charge in [0.1, 0.15) is 5.60 Å². The van der Waals surface area contributed by atoms with Gasteiger partial charge in [0.15, 0.2) is 11.6 Å². The minimum Gasteiger partial charge on any atom is -0.444 e. The van der Waals surface area contributed by atoms with E-state index in [1.807, 2.05) is 0 Å². The van der Waals surface area contributed by atoms with Gasteiger partial charge in [0.25, 0.3) is 0 Å². The van der Waals surface area contributed by atoms with Crippen molar-refractivity contribution in [1.29, 1.82) is 0 Å². The average Bonchev–Trinajstić information content (AvgIpc) is 2.52. The molecule has 3 rings (SSSR count). The van der Waals surface area contributed by atoms with Gasteiger partial charge in [-0.05, 0) is 32.9 Å². The molecular weight excluding hydrogens is 320 g/mol. The fraction of sp³-hybridized carbons (Fsp3) is 0.211. The van der Waals surface area contributed by atoms with E-state index >= 15 is 0 Å². The first-order valence-corrected chi connectivity index (χ1v) is 7.80. The van der Waals surface area contributed by atoms with Crippen LogP contribution in [0.5, 0.6) is 0 Å². The molecule has 6 nitrogen and oxygen atoms in total. The number of rotatable bonds is 1. The number of amides is 1. The van der Waals surface area contributed by atoms with E-state index < -0.39 is 11.7 Å². The van der Waals surface area contributed by atoms with Gasteiger partial charge in [0, 0.05) is 16.8 Å². The molecule has 0 unspecified atom stereocenters. The van der Waals surface area contributed by atoms with Crippen molar-refractivity contribution in [2.45, 2.75) is 26.4 Å². The topological polar surface area (TPSA) is 98.5 Å². The molecule has 0 aliphatic heterocycles. The van der Waals surface area contributed by atoms with Crippen LogP contribution in [0.15, 0.2) is 36.4 Å². The number of hydrogen-bond donors (Lipinski definition) is 2. The highest BCUT2D eigenvalue weighted by atomic mass is 16.6. The summed E-state index contributed by atoms with van der Waals surface area (Å²) in [5.74, 6) is -0.695. The van der Waals surface area contributed by atoms with Crippen molar-refractivity contribution in [3.8, 4) is 0 Å². The molecule has 6 heteroatoms.